The molecule has 2 aromatic rings. The molecule has 27 heavy (non-hydrogen) atoms. The predicted molar refractivity (Wildman–Crippen MR) is 114 cm³/mol. The van der Waals surface area contributed by atoms with E-state index in [0.29, 0.717) is 17.8 Å². The van der Waals surface area contributed by atoms with Crippen molar-refractivity contribution in [2.24, 2.45) is 0 Å². The lowest BCUT2D eigenvalue weighted by Crippen LogP contribution is -2.27. The van der Waals surface area contributed by atoms with Crippen LogP contribution in [0.1, 0.15) is 21.5 Å². The topological polar surface area (TPSA) is 66.5 Å². The van der Waals surface area contributed by atoms with Crippen LogP contribution in [-0.2, 0) is 15.8 Å². The van der Waals surface area contributed by atoms with Gasteiger partial charge in [-0.2, -0.15) is 11.8 Å². The van der Waals surface area contributed by atoms with Gasteiger partial charge in [-0.25, -0.2) is 8.42 Å². The van der Waals surface area contributed by atoms with Crippen LogP contribution in [0, 0.1) is 6.92 Å². The standard InChI is InChI=1S/C19H23ClN2O3S2/c1-14-6-4-5-7-15(14)13-26-11-10-21-19(23)17-9-8-16(12-18(17)20)22(2)27(3,24)25/h4-9,12H,10-11,13H2,1-3H3,(H,21,23). The minimum Gasteiger partial charge on any atom is -0.351 e. The molecule has 0 saturated carbocycles. The summed E-state index contributed by atoms with van der Waals surface area (Å²) in [7, 11) is -1.94. The molecule has 0 heterocycles. The molecule has 146 valence electrons. The fraction of sp³-hybridized carbons (Fsp3) is 0.316. The lowest BCUT2D eigenvalue weighted by Gasteiger charge is -2.17. The van der Waals surface area contributed by atoms with Crippen LogP contribution in [0.2, 0.25) is 5.02 Å². The Labute approximate surface area is 170 Å². The Morgan fingerprint density at radius 1 is 1.22 bits per heavy atom. The Bertz CT molecular complexity index is 917. The fourth-order valence-electron chi connectivity index (χ4n) is 2.36. The van der Waals surface area contributed by atoms with Crippen molar-refractivity contribution in [1.82, 2.24) is 5.32 Å². The molecule has 8 heteroatoms. The smallest absolute Gasteiger partial charge is 0.252 e. The van der Waals surface area contributed by atoms with Crippen LogP contribution in [0.5, 0.6) is 0 Å². The first-order chi connectivity index (χ1) is 12.7. The molecule has 0 saturated heterocycles. The molecule has 0 aliphatic rings. The summed E-state index contributed by atoms with van der Waals surface area (Å²) in [5.41, 5.74) is 3.29. The maximum atomic E-state index is 12.3. The minimum absolute atomic E-state index is 0.216. The van der Waals surface area contributed by atoms with Gasteiger partial charge in [0.15, 0.2) is 0 Å². The van der Waals surface area contributed by atoms with Gasteiger partial charge < -0.3 is 5.32 Å². The van der Waals surface area contributed by atoms with Gasteiger partial charge in [-0.05, 0) is 36.2 Å². The monoisotopic (exact) mass is 426 g/mol. The third-order valence-corrected chi connectivity index (χ3v) is 6.64. The Hall–Kier alpha value is -1.70. The molecule has 1 amide bonds. The van der Waals surface area contributed by atoms with Gasteiger partial charge in [0.2, 0.25) is 10.0 Å². The van der Waals surface area contributed by atoms with Crippen molar-refractivity contribution in [2.45, 2.75) is 12.7 Å². The van der Waals surface area contributed by atoms with Crippen LogP contribution in [0.3, 0.4) is 0 Å². The fourth-order valence-corrected chi connectivity index (χ4v) is 4.05. The summed E-state index contributed by atoms with van der Waals surface area (Å²) >= 11 is 7.92. The average Bonchev–Trinajstić information content (AvgIpc) is 2.61. The predicted octanol–water partition coefficient (Wildman–Crippen LogP) is 3.71. The SMILES string of the molecule is Cc1ccccc1CSCCNC(=O)c1ccc(N(C)S(C)(=O)=O)cc1Cl. The number of benzene rings is 2. The second-order valence-electron chi connectivity index (χ2n) is 6.13. The molecule has 0 aromatic heterocycles. The van der Waals surface area contributed by atoms with Crippen LogP contribution in [0.4, 0.5) is 5.69 Å². The first-order valence-corrected chi connectivity index (χ1v) is 11.7. The Morgan fingerprint density at radius 2 is 1.93 bits per heavy atom. The molecule has 1 N–H and O–H groups in total. The van der Waals surface area contributed by atoms with Gasteiger partial charge in [0, 0.05) is 25.1 Å². The number of thioether (sulfide) groups is 1. The van der Waals surface area contributed by atoms with Gasteiger partial charge in [-0.15, -0.1) is 0 Å². The number of nitrogens with one attached hydrogen (secondary N) is 1. The maximum absolute atomic E-state index is 12.3. The molecule has 0 unspecified atom stereocenters. The number of carbonyl (C=O) groups is 1. The number of sulfonamides is 1. The van der Waals surface area contributed by atoms with Gasteiger partial charge in [-0.3, -0.25) is 9.10 Å². The van der Waals surface area contributed by atoms with Gasteiger partial charge in [0.05, 0.1) is 22.5 Å². The zero-order chi connectivity index (χ0) is 20.0. The average molecular weight is 427 g/mol. The lowest BCUT2D eigenvalue weighted by atomic mass is 10.1. The minimum atomic E-state index is -3.38. The van der Waals surface area contributed by atoms with E-state index in [4.69, 9.17) is 11.6 Å². The Kier molecular flexibility index (Phi) is 7.59. The van der Waals surface area contributed by atoms with E-state index in [-0.39, 0.29) is 10.9 Å². The summed E-state index contributed by atoms with van der Waals surface area (Å²) in [4.78, 5) is 12.3. The zero-order valence-corrected chi connectivity index (χ0v) is 17.9. The van der Waals surface area contributed by atoms with Crippen molar-refractivity contribution in [3.05, 3.63) is 64.2 Å². The first-order valence-electron chi connectivity index (χ1n) is 8.34. The Morgan fingerprint density at radius 3 is 2.56 bits per heavy atom. The second kappa shape index (κ2) is 9.48. The highest BCUT2D eigenvalue weighted by Gasteiger charge is 2.16. The van der Waals surface area contributed by atoms with Gasteiger partial charge in [0.1, 0.15) is 0 Å². The number of hydrogen-bond donors (Lipinski definition) is 1. The highest BCUT2D eigenvalue weighted by Crippen LogP contribution is 2.24. The maximum Gasteiger partial charge on any atom is 0.252 e. The lowest BCUT2D eigenvalue weighted by molar-refractivity contribution is 0.0956. The number of rotatable bonds is 8. The number of anilines is 1. The van der Waals surface area contributed by atoms with E-state index in [0.717, 1.165) is 22.1 Å². The Balaban J connectivity index is 1.86. The largest absolute Gasteiger partial charge is 0.351 e. The van der Waals surface area contributed by atoms with E-state index in [9.17, 15) is 13.2 Å². The van der Waals surface area contributed by atoms with E-state index in [1.807, 2.05) is 12.1 Å². The molecule has 0 aliphatic heterocycles. The second-order valence-corrected chi connectivity index (χ2v) is 9.66. The third-order valence-electron chi connectivity index (χ3n) is 4.11. The molecular formula is C19H23ClN2O3S2. The molecule has 0 fully saturated rings. The third kappa shape index (κ3) is 6.16. The summed E-state index contributed by atoms with van der Waals surface area (Å²) in [6, 6.07) is 12.8. The van der Waals surface area contributed by atoms with E-state index in [1.165, 1.54) is 30.3 Å². The number of amides is 1. The molecule has 5 nitrogen and oxygen atoms in total. The van der Waals surface area contributed by atoms with Crippen molar-refractivity contribution >= 4 is 45.0 Å². The van der Waals surface area contributed by atoms with Gasteiger partial charge >= 0.3 is 0 Å². The highest BCUT2D eigenvalue weighted by molar-refractivity contribution is 7.98. The van der Waals surface area contributed by atoms with E-state index < -0.39 is 10.0 Å². The molecule has 2 rings (SSSR count). The number of aryl methyl sites for hydroxylation is 1. The summed E-state index contributed by atoms with van der Waals surface area (Å²) < 4.78 is 24.3. The van der Waals surface area contributed by atoms with Gasteiger partial charge in [0.25, 0.3) is 5.91 Å². The molecule has 0 atom stereocenters. The molecule has 0 bridgehead atoms. The number of hydrogen-bond acceptors (Lipinski definition) is 4. The number of carbonyl (C=O) groups excluding carboxylic acids is 1. The van der Waals surface area contributed by atoms with Crippen molar-refractivity contribution in [1.29, 1.82) is 0 Å². The summed E-state index contributed by atoms with van der Waals surface area (Å²) in [6.45, 7) is 2.61. The van der Waals surface area contributed by atoms with Crippen LogP contribution in [0.25, 0.3) is 0 Å². The van der Waals surface area contributed by atoms with E-state index >= 15 is 0 Å². The van der Waals surface area contributed by atoms with Gasteiger partial charge in [-0.1, -0.05) is 35.9 Å². The van der Waals surface area contributed by atoms with Crippen molar-refractivity contribution in [3.8, 4) is 0 Å². The molecule has 0 aliphatic carbocycles. The van der Waals surface area contributed by atoms with Crippen LogP contribution in [-0.4, -0.2) is 39.9 Å². The van der Waals surface area contributed by atoms with Crippen molar-refractivity contribution in [2.75, 3.05) is 29.9 Å². The van der Waals surface area contributed by atoms with E-state index in [2.05, 4.69) is 24.4 Å². The molecule has 0 spiro atoms. The molecular weight excluding hydrogens is 404 g/mol. The van der Waals surface area contributed by atoms with Crippen LogP contribution >= 0.6 is 23.4 Å². The number of halogens is 1. The zero-order valence-electron chi connectivity index (χ0n) is 15.5. The molecule has 0 radical (unpaired) electrons. The first kappa shape index (κ1) is 21.6. The normalized spacial score (nSPS) is 11.3. The number of nitrogens with zero attached hydrogens (tertiary/aromatic N) is 1. The molecule has 2 aromatic carbocycles. The summed E-state index contributed by atoms with van der Waals surface area (Å²) in [5.74, 6) is 1.41. The van der Waals surface area contributed by atoms with Crippen LogP contribution < -0.4 is 9.62 Å². The van der Waals surface area contributed by atoms with Crippen molar-refractivity contribution in [3.63, 3.8) is 0 Å². The highest BCUT2D eigenvalue weighted by atomic mass is 35.5. The van der Waals surface area contributed by atoms with Crippen LogP contribution in [0.15, 0.2) is 42.5 Å². The van der Waals surface area contributed by atoms with Crippen molar-refractivity contribution < 1.29 is 13.2 Å². The van der Waals surface area contributed by atoms with E-state index in [1.54, 1.807) is 17.8 Å². The summed E-state index contributed by atoms with van der Waals surface area (Å²) in [6.07, 6.45) is 1.11. The summed E-state index contributed by atoms with van der Waals surface area (Å²) in [5, 5.41) is 3.06. The quantitative estimate of drug-likeness (QED) is 0.653.